The molecule has 1 aromatic carbocycles. The lowest BCUT2D eigenvalue weighted by atomic mass is 10.2. The molecular formula is C22H26N6O4. The van der Waals surface area contributed by atoms with Crippen LogP contribution in [0.2, 0.25) is 0 Å². The summed E-state index contributed by atoms with van der Waals surface area (Å²) in [7, 11) is 3.37. The molecule has 2 aromatic heterocycles. The van der Waals surface area contributed by atoms with Crippen LogP contribution in [-0.2, 0) is 4.79 Å². The van der Waals surface area contributed by atoms with Gasteiger partial charge in [-0.15, -0.1) is 0 Å². The number of aliphatic imine (C=N–C) groups is 1. The van der Waals surface area contributed by atoms with Crippen LogP contribution in [0.3, 0.4) is 0 Å². The molecule has 1 amide bonds. The molecule has 3 heterocycles. The maximum Gasteiger partial charge on any atom is 0.222 e. The summed E-state index contributed by atoms with van der Waals surface area (Å²) < 4.78 is 11.2. The average molecular weight is 438 g/mol. The highest BCUT2D eigenvalue weighted by molar-refractivity contribution is 6.06. The molecule has 3 N–H and O–H groups in total. The molecule has 0 spiro atoms. The number of carbonyl (C=O) groups excluding carboxylic acids is 1. The molecule has 0 saturated carbocycles. The van der Waals surface area contributed by atoms with Crippen LogP contribution in [0.1, 0.15) is 24.8 Å². The Bertz CT molecular complexity index is 1140. The highest BCUT2D eigenvalue weighted by atomic mass is 16.5. The second-order valence-electron chi connectivity index (χ2n) is 7.47. The van der Waals surface area contributed by atoms with Gasteiger partial charge in [-0.3, -0.25) is 9.79 Å². The Hall–Kier alpha value is -3.82. The molecule has 0 aliphatic carbocycles. The van der Waals surface area contributed by atoms with Crippen LogP contribution in [0.4, 0.5) is 11.5 Å². The first-order valence-corrected chi connectivity index (χ1v) is 10.4. The van der Waals surface area contributed by atoms with E-state index in [2.05, 4.69) is 25.3 Å². The summed E-state index contributed by atoms with van der Waals surface area (Å²) in [6.45, 7) is 1.61. The number of benzene rings is 1. The van der Waals surface area contributed by atoms with Crippen molar-refractivity contribution < 1.29 is 19.4 Å². The fraction of sp³-hybridized carbons (Fsp3) is 0.364. The normalized spacial score (nSPS) is 15.6. The lowest BCUT2D eigenvalue weighted by Crippen LogP contribution is -2.29. The summed E-state index contributed by atoms with van der Waals surface area (Å²) in [4.78, 5) is 30.0. The Kier molecular flexibility index (Phi) is 6.39. The summed E-state index contributed by atoms with van der Waals surface area (Å²) in [6.07, 6.45) is 4.74. The second kappa shape index (κ2) is 9.54. The van der Waals surface area contributed by atoms with Gasteiger partial charge in [-0.05, 0) is 25.0 Å². The third kappa shape index (κ3) is 4.58. The third-order valence-corrected chi connectivity index (χ3v) is 5.28. The maximum atomic E-state index is 12.4. The highest BCUT2D eigenvalue weighted by Crippen LogP contribution is 2.33. The van der Waals surface area contributed by atoms with Crippen molar-refractivity contribution in [1.29, 1.82) is 0 Å². The number of carbonyl (C=O) groups is 1. The number of aromatic amines is 1. The molecule has 32 heavy (non-hydrogen) atoms. The minimum Gasteiger partial charge on any atom is -0.494 e. The zero-order valence-electron chi connectivity index (χ0n) is 18.1. The number of nitrogens with one attached hydrogen (secondary N) is 2. The van der Waals surface area contributed by atoms with Crippen LogP contribution in [0.25, 0.3) is 11.0 Å². The third-order valence-electron chi connectivity index (χ3n) is 5.28. The van der Waals surface area contributed by atoms with Gasteiger partial charge in [0.2, 0.25) is 5.91 Å². The first-order valence-electron chi connectivity index (χ1n) is 10.4. The van der Waals surface area contributed by atoms with E-state index in [0.29, 0.717) is 72.1 Å². The first-order chi connectivity index (χ1) is 15.6. The number of aromatic nitrogens is 3. The van der Waals surface area contributed by atoms with Gasteiger partial charge < -0.3 is 29.8 Å². The van der Waals surface area contributed by atoms with Crippen molar-refractivity contribution in [3.05, 3.63) is 30.1 Å². The molecule has 0 atom stereocenters. The molecule has 168 valence electrons. The quantitative estimate of drug-likeness (QED) is 0.533. The Morgan fingerprint density at radius 3 is 2.97 bits per heavy atom. The van der Waals surface area contributed by atoms with Crippen molar-refractivity contribution in [2.24, 2.45) is 4.99 Å². The molecule has 2 bridgehead atoms. The summed E-state index contributed by atoms with van der Waals surface area (Å²) >= 11 is 0. The number of amides is 1. The van der Waals surface area contributed by atoms with E-state index < -0.39 is 0 Å². The Balaban J connectivity index is 1.72. The number of H-pyrrole nitrogens is 1. The number of fused-ring (bicyclic) bond motifs is 2. The second-order valence-corrected chi connectivity index (χ2v) is 7.47. The molecule has 0 fully saturated rings. The summed E-state index contributed by atoms with van der Waals surface area (Å²) in [5.74, 6) is 1.73. The smallest absolute Gasteiger partial charge is 0.222 e. The Labute approximate surface area is 185 Å². The van der Waals surface area contributed by atoms with Crippen LogP contribution < -0.4 is 14.8 Å². The van der Waals surface area contributed by atoms with Crippen molar-refractivity contribution >= 4 is 34.7 Å². The van der Waals surface area contributed by atoms with Crippen LogP contribution >= 0.6 is 0 Å². The molecule has 10 nitrogen and oxygen atoms in total. The predicted octanol–water partition coefficient (Wildman–Crippen LogP) is 2.86. The predicted molar refractivity (Wildman–Crippen MR) is 121 cm³/mol. The van der Waals surface area contributed by atoms with E-state index in [1.165, 1.54) is 6.33 Å². The summed E-state index contributed by atoms with van der Waals surface area (Å²) in [6, 6.07) is 5.32. The van der Waals surface area contributed by atoms with Crippen LogP contribution in [0, 0.1) is 0 Å². The molecule has 0 unspecified atom stereocenters. The number of anilines is 1. The summed E-state index contributed by atoms with van der Waals surface area (Å²) in [5, 5.41) is 14.4. The van der Waals surface area contributed by atoms with E-state index in [0.717, 1.165) is 6.42 Å². The Morgan fingerprint density at radius 2 is 2.12 bits per heavy atom. The molecule has 1 aliphatic rings. The first kappa shape index (κ1) is 21.4. The maximum absolute atomic E-state index is 12.4. The topological polar surface area (TPSA) is 125 Å². The minimum absolute atomic E-state index is 0.0444. The number of methoxy groups -OCH3 is 1. The van der Waals surface area contributed by atoms with E-state index in [9.17, 15) is 9.90 Å². The van der Waals surface area contributed by atoms with Crippen molar-refractivity contribution in [2.75, 3.05) is 39.2 Å². The van der Waals surface area contributed by atoms with Crippen molar-refractivity contribution in [3.63, 3.8) is 0 Å². The molecule has 0 saturated heterocycles. The number of aromatic hydroxyl groups is 1. The van der Waals surface area contributed by atoms with Gasteiger partial charge in [-0.25, -0.2) is 9.97 Å². The van der Waals surface area contributed by atoms with E-state index in [-0.39, 0.29) is 11.8 Å². The van der Waals surface area contributed by atoms with E-state index in [1.54, 1.807) is 43.5 Å². The molecule has 0 radical (unpaired) electrons. The molecule has 1 aliphatic heterocycles. The average Bonchev–Trinajstić information content (AvgIpc) is 3.12. The molecule has 3 aromatic rings. The number of nitrogens with zero attached hydrogens (tertiary/aromatic N) is 4. The van der Waals surface area contributed by atoms with E-state index >= 15 is 0 Å². The largest absolute Gasteiger partial charge is 0.494 e. The van der Waals surface area contributed by atoms with Gasteiger partial charge in [0, 0.05) is 38.8 Å². The highest BCUT2D eigenvalue weighted by Gasteiger charge is 2.16. The van der Waals surface area contributed by atoms with Gasteiger partial charge in [0.15, 0.2) is 17.4 Å². The fourth-order valence-electron chi connectivity index (χ4n) is 3.53. The van der Waals surface area contributed by atoms with Crippen molar-refractivity contribution in [2.45, 2.75) is 19.3 Å². The lowest BCUT2D eigenvalue weighted by molar-refractivity contribution is -0.130. The van der Waals surface area contributed by atoms with E-state index in [4.69, 9.17) is 9.47 Å². The zero-order chi connectivity index (χ0) is 22.5. The van der Waals surface area contributed by atoms with Gasteiger partial charge in [-0.2, -0.15) is 0 Å². The summed E-state index contributed by atoms with van der Waals surface area (Å²) in [5.41, 5.74) is 1.61. The molecule has 4 rings (SSSR count). The fourth-order valence-corrected chi connectivity index (χ4v) is 3.53. The monoisotopic (exact) mass is 438 g/mol. The van der Waals surface area contributed by atoms with Crippen LogP contribution in [0.5, 0.6) is 17.4 Å². The Morgan fingerprint density at radius 1 is 1.25 bits per heavy atom. The van der Waals surface area contributed by atoms with Gasteiger partial charge in [-0.1, -0.05) is 0 Å². The van der Waals surface area contributed by atoms with Gasteiger partial charge in [0.05, 0.1) is 30.4 Å². The van der Waals surface area contributed by atoms with Crippen LogP contribution in [-0.4, -0.2) is 70.9 Å². The zero-order valence-corrected chi connectivity index (χ0v) is 18.1. The number of rotatable bonds is 1. The van der Waals surface area contributed by atoms with Crippen molar-refractivity contribution in [3.8, 4) is 17.4 Å². The van der Waals surface area contributed by atoms with Crippen molar-refractivity contribution in [1.82, 2.24) is 19.9 Å². The number of ether oxygens (including phenoxy) is 2. The standard InChI is InChI=1S/C22H26N6O4/c1-28-9-4-8-23-20-19-15(22(30)27-21(19)26-13-25-20)12-24-14-6-7-16(31-2)17(11-14)32-10-3-5-18(28)29/h6-7,11-13,30H,3-5,8-10H2,1-2H3,(H2,23,25,26,27). The van der Waals surface area contributed by atoms with E-state index in [1.807, 2.05) is 0 Å². The number of hydrogen-bond donors (Lipinski definition) is 3. The lowest BCUT2D eigenvalue weighted by Gasteiger charge is -2.18. The SMILES string of the molecule is COc1ccc2cc1OCCCC(=O)N(C)CCCNc1ncnc3[nH]c(O)c(c13)C=N2. The van der Waals surface area contributed by atoms with Crippen LogP contribution in [0.15, 0.2) is 29.5 Å². The molecule has 10 heteroatoms. The minimum atomic E-state index is -0.0444. The number of hydrogen-bond acceptors (Lipinski definition) is 8. The van der Waals surface area contributed by atoms with Gasteiger partial charge >= 0.3 is 0 Å². The molecular weight excluding hydrogens is 412 g/mol. The van der Waals surface area contributed by atoms with Gasteiger partial charge in [0.1, 0.15) is 17.8 Å². The van der Waals surface area contributed by atoms with Gasteiger partial charge in [0.25, 0.3) is 0 Å².